The second-order valence-electron chi connectivity index (χ2n) is 5.06. The first-order valence-electron chi connectivity index (χ1n) is 7.58. The van der Waals surface area contributed by atoms with Gasteiger partial charge in [0.05, 0.1) is 0 Å². The van der Waals surface area contributed by atoms with Gasteiger partial charge in [0.15, 0.2) is 5.03 Å². The number of rotatable bonds is 6. The smallest absolute Gasteiger partial charge is 0.326 e. The Bertz CT molecular complexity index is 689. The molecular formula is C15H18F3N3O4. The predicted octanol–water partition coefficient (Wildman–Crippen LogP) is 3.25. The standard InChI is InChI=1S/C15H18F3N3O4/c1-4-9-7-8-11(19-12(22)6-3)10(5-2)13(9)20(21(24)25)14(23)15(16,17)18/h7-8H,4-6H2,1-3H3,(H,19,22). The molecule has 0 aliphatic heterocycles. The van der Waals surface area contributed by atoms with Crippen molar-refractivity contribution < 1.29 is 27.8 Å². The van der Waals surface area contributed by atoms with Crippen molar-refractivity contribution >= 4 is 23.2 Å². The number of benzene rings is 1. The Morgan fingerprint density at radius 1 is 1.20 bits per heavy atom. The SMILES string of the molecule is CCC(=O)Nc1ccc(CC)c(N(C(=O)C(F)(F)F)[N+](=O)[O-])c1CC. The molecule has 1 rings (SSSR count). The van der Waals surface area contributed by atoms with E-state index < -0.39 is 33.7 Å². The highest BCUT2D eigenvalue weighted by atomic mass is 19.4. The van der Waals surface area contributed by atoms with Crippen LogP contribution in [0.3, 0.4) is 0 Å². The molecule has 0 aliphatic carbocycles. The molecule has 0 bridgehead atoms. The van der Waals surface area contributed by atoms with Crippen molar-refractivity contribution in [2.75, 3.05) is 10.3 Å². The molecule has 0 aromatic heterocycles. The Morgan fingerprint density at radius 3 is 2.20 bits per heavy atom. The molecule has 0 aliphatic rings. The van der Waals surface area contributed by atoms with Gasteiger partial charge in [-0.1, -0.05) is 26.8 Å². The minimum absolute atomic E-state index is 0.0813. The summed E-state index contributed by atoms with van der Waals surface area (Å²) in [6, 6.07) is 2.82. The highest BCUT2D eigenvalue weighted by Gasteiger charge is 2.50. The van der Waals surface area contributed by atoms with Gasteiger partial charge in [-0.15, -0.1) is 0 Å². The summed E-state index contributed by atoms with van der Waals surface area (Å²) in [7, 11) is 0. The first kappa shape index (κ1) is 20.4. The van der Waals surface area contributed by atoms with Gasteiger partial charge in [-0.3, -0.25) is 9.59 Å². The quantitative estimate of drug-likeness (QED) is 0.622. The molecule has 7 nitrogen and oxygen atoms in total. The van der Waals surface area contributed by atoms with Crippen molar-refractivity contribution in [3.05, 3.63) is 33.4 Å². The maximum absolute atomic E-state index is 12.8. The van der Waals surface area contributed by atoms with E-state index >= 15 is 0 Å². The van der Waals surface area contributed by atoms with E-state index in [-0.39, 0.29) is 36.1 Å². The maximum atomic E-state index is 12.8. The number of carbonyl (C=O) groups is 2. The van der Waals surface area contributed by atoms with E-state index in [4.69, 9.17) is 0 Å². The molecule has 25 heavy (non-hydrogen) atoms. The fourth-order valence-electron chi connectivity index (χ4n) is 2.33. The van der Waals surface area contributed by atoms with Gasteiger partial charge in [-0.05, 0) is 29.5 Å². The lowest BCUT2D eigenvalue weighted by Gasteiger charge is -2.22. The molecular weight excluding hydrogens is 343 g/mol. The van der Waals surface area contributed by atoms with E-state index in [1.165, 1.54) is 12.1 Å². The lowest BCUT2D eigenvalue weighted by Crippen LogP contribution is -2.45. The van der Waals surface area contributed by atoms with Gasteiger partial charge in [-0.2, -0.15) is 13.2 Å². The number of hydrazine groups is 1. The fourth-order valence-corrected chi connectivity index (χ4v) is 2.33. The Hall–Kier alpha value is -2.65. The molecule has 0 saturated heterocycles. The van der Waals surface area contributed by atoms with Crippen LogP contribution < -0.4 is 10.3 Å². The van der Waals surface area contributed by atoms with Crippen LogP contribution in [0.4, 0.5) is 24.5 Å². The molecule has 10 heteroatoms. The molecule has 0 heterocycles. The van der Waals surface area contributed by atoms with Gasteiger partial charge in [0.1, 0.15) is 5.69 Å². The van der Waals surface area contributed by atoms with Crippen molar-refractivity contribution in [2.24, 2.45) is 0 Å². The third-order valence-electron chi connectivity index (χ3n) is 3.51. The number of aryl methyl sites for hydroxylation is 1. The summed E-state index contributed by atoms with van der Waals surface area (Å²) in [4.78, 5) is 34.4. The van der Waals surface area contributed by atoms with Crippen LogP contribution in [0.2, 0.25) is 0 Å². The third-order valence-corrected chi connectivity index (χ3v) is 3.51. The molecule has 1 aromatic carbocycles. The number of halogens is 3. The number of hydrogen-bond donors (Lipinski definition) is 1. The van der Waals surface area contributed by atoms with Crippen LogP contribution in [0.25, 0.3) is 0 Å². The number of alkyl halides is 3. The van der Waals surface area contributed by atoms with Crippen LogP contribution in [-0.4, -0.2) is 23.0 Å². The summed E-state index contributed by atoms with van der Waals surface area (Å²) >= 11 is 0. The largest absolute Gasteiger partial charge is 0.477 e. The Kier molecular flexibility index (Phi) is 6.49. The van der Waals surface area contributed by atoms with Crippen LogP contribution >= 0.6 is 0 Å². The summed E-state index contributed by atoms with van der Waals surface area (Å²) < 4.78 is 38.4. The number of hydrogen-bond acceptors (Lipinski definition) is 4. The van der Waals surface area contributed by atoms with Gasteiger partial charge in [0, 0.05) is 17.7 Å². The minimum Gasteiger partial charge on any atom is -0.326 e. The number of carbonyl (C=O) groups excluding carboxylic acids is 2. The number of amides is 2. The normalized spacial score (nSPS) is 11.1. The molecule has 138 valence electrons. The van der Waals surface area contributed by atoms with E-state index in [9.17, 15) is 32.9 Å². The molecule has 0 saturated carbocycles. The van der Waals surface area contributed by atoms with Gasteiger partial charge in [0.2, 0.25) is 5.91 Å². The van der Waals surface area contributed by atoms with Crippen LogP contribution in [0.15, 0.2) is 12.1 Å². The number of nitrogens with one attached hydrogen (secondary N) is 1. The number of nitro groups is 1. The Balaban J connectivity index is 3.67. The maximum Gasteiger partial charge on any atom is 0.477 e. The summed E-state index contributed by atoms with van der Waals surface area (Å²) in [6.07, 6.45) is -5.04. The van der Waals surface area contributed by atoms with E-state index in [0.29, 0.717) is 0 Å². The lowest BCUT2D eigenvalue weighted by molar-refractivity contribution is -0.486. The molecule has 0 fully saturated rings. The summed E-state index contributed by atoms with van der Waals surface area (Å²) in [5.74, 6) is -3.00. The highest BCUT2D eigenvalue weighted by Crippen LogP contribution is 2.35. The van der Waals surface area contributed by atoms with Gasteiger partial charge in [-0.25, -0.2) is 10.1 Å². The predicted molar refractivity (Wildman–Crippen MR) is 84.7 cm³/mol. The Morgan fingerprint density at radius 2 is 1.80 bits per heavy atom. The molecule has 0 radical (unpaired) electrons. The Labute approximate surface area is 141 Å². The van der Waals surface area contributed by atoms with Gasteiger partial charge < -0.3 is 5.32 Å². The minimum atomic E-state index is -5.41. The van der Waals surface area contributed by atoms with E-state index in [0.717, 1.165) is 0 Å². The summed E-state index contributed by atoms with van der Waals surface area (Å²) in [5, 5.41) is 11.9. The van der Waals surface area contributed by atoms with Gasteiger partial charge in [0.25, 0.3) is 0 Å². The number of nitrogens with zero attached hydrogens (tertiary/aromatic N) is 2. The van der Waals surface area contributed by atoms with Gasteiger partial charge >= 0.3 is 12.1 Å². The van der Waals surface area contributed by atoms with Crippen molar-refractivity contribution in [3.63, 3.8) is 0 Å². The zero-order valence-electron chi connectivity index (χ0n) is 13.9. The second-order valence-corrected chi connectivity index (χ2v) is 5.06. The van der Waals surface area contributed by atoms with Crippen LogP contribution in [0.5, 0.6) is 0 Å². The zero-order chi connectivity index (χ0) is 19.4. The highest BCUT2D eigenvalue weighted by molar-refractivity contribution is 5.99. The van der Waals surface area contributed by atoms with E-state index in [1.54, 1.807) is 20.8 Å². The molecule has 0 spiro atoms. The van der Waals surface area contributed by atoms with E-state index in [2.05, 4.69) is 5.32 Å². The second kappa shape index (κ2) is 7.95. The lowest BCUT2D eigenvalue weighted by atomic mass is 10.00. The monoisotopic (exact) mass is 361 g/mol. The third kappa shape index (κ3) is 4.46. The van der Waals surface area contributed by atoms with Crippen molar-refractivity contribution in [2.45, 2.75) is 46.2 Å². The summed E-state index contributed by atoms with van der Waals surface area (Å²) in [6.45, 7) is 4.74. The molecule has 1 N–H and O–H groups in total. The first-order chi connectivity index (χ1) is 11.6. The average Bonchev–Trinajstić information content (AvgIpc) is 2.53. The zero-order valence-corrected chi connectivity index (χ0v) is 13.9. The summed E-state index contributed by atoms with van der Waals surface area (Å²) in [5.41, 5.74) is -0.0225. The van der Waals surface area contributed by atoms with Crippen molar-refractivity contribution in [1.82, 2.24) is 0 Å². The molecule has 0 unspecified atom stereocenters. The molecule has 1 aromatic rings. The number of anilines is 2. The topological polar surface area (TPSA) is 92.6 Å². The van der Waals surface area contributed by atoms with Crippen LogP contribution in [0, 0.1) is 10.1 Å². The average molecular weight is 361 g/mol. The molecule has 2 amide bonds. The fraction of sp³-hybridized carbons (Fsp3) is 0.467. The van der Waals surface area contributed by atoms with E-state index in [1.807, 2.05) is 0 Å². The van der Waals surface area contributed by atoms with Crippen LogP contribution in [0.1, 0.15) is 38.3 Å². The molecule has 0 atom stereocenters. The first-order valence-corrected chi connectivity index (χ1v) is 7.58. The van der Waals surface area contributed by atoms with Crippen molar-refractivity contribution in [3.8, 4) is 0 Å². The van der Waals surface area contributed by atoms with Crippen molar-refractivity contribution in [1.29, 1.82) is 0 Å². The van der Waals surface area contributed by atoms with Crippen LogP contribution in [-0.2, 0) is 22.4 Å².